The fourth-order valence-corrected chi connectivity index (χ4v) is 4.48. The summed E-state index contributed by atoms with van der Waals surface area (Å²) in [7, 11) is 0. The summed E-state index contributed by atoms with van der Waals surface area (Å²) in [4.78, 5) is 38.5. The number of benzene rings is 1. The topological polar surface area (TPSA) is 90.3 Å². The molecular formula is C19H21N3O4. The molecule has 0 spiro atoms. The van der Waals surface area contributed by atoms with Gasteiger partial charge in [-0.3, -0.25) is 9.59 Å². The number of aliphatic carboxylic acids is 1. The van der Waals surface area contributed by atoms with Crippen molar-refractivity contribution >= 4 is 29.2 Å². The Labute approximate surface area is 151 Å². The van der Waals surface area contributed by atoms with Gasteiger partial charge in [-0.2, -0.15) is 5.10 Å². The molecule has 1 saturated carbocycles. The van der Waals surface area contributed by atoms with Gasteiger partial charge in [-0.05, 0) is 36.8 Å². The zero-order chi connectivity index (χ0) is 18.3. The molecule has 0 bridgehead atoms. The van der Waals surface area contributed by atoms with Crippen molar-refractivity contribution in [1.82, 2.24) is 4.90 Å². The van der Waals surface area contributed by atoms with Crippen LogP contribution >= 0.6 is 0 Å². The lowest BCUT2D eigenvalue weighted by atomic mass is 9.94. The van der Waals surface area contributed by atoms with E-state index in [1.807, 2.05) is 6.07 Å². The number of carboxylic acid groups (broad SMARTS) is 1. The summed E-state index contributed by atoms with van der Waals surface area (Å²) in [5, 5.41) is 15.2. The summed E-state index contributed by atoms with van der Waals surface area (Å²) in [6.45, 7) is 0.471. The molecule has 2 aliphatic heterocycles. The summed E-state index contributed by atoms with van der Waals surface area (Å²) < 4.78 is 0. The molecule has 1 N–H and O–H groups in total. The molecule has 4 rings (SSSR count). The van der Waals surface area contributed by atoms with Gasteiger partial charge in [0.05, 0.1) is 5.69 Å². The van der Waals surface area contributed by atoms with Crippen LogP contribution in [0.2, 0.25) is 0 Å². The number of hydrogen-bond acceptors (Lipinski definition) is 4. The smallest absolute Gasteiger partial charge is 0.326 e. The summed E-state index contributed by atoms with van der Waals surface area (Å²) in [5.74, 6) is -1.16. The highest BCUT2D eigenvalue weighted by Crippen LogP contribution is 2.42. The number of nitrogens with zero attached hydrogens (tertiary/aromatic N) is 3. The van der Waals surface area contributed by atoms with E-state index < -0.39 is 12.0 Å². The maximum Gasteiger partial charge on any atom is 0.326 e. The minimum Gasteiger partial charge on any atom is -0.480 e. The number of rotatable bonds is 3. The minimum absolute atomic E-state index is 0.0347. The van der Waals surface area contributed by atoms with Gasteiger partial charge in [0.15, 0.2) is 0 Å². The summed E-state index contributed by atoms with van der Waals surface area (Å²) in [6.07, 6.45) is 3.29. The highest BCUT2D eigenvalue weighted by atomic mass is 16.4. The van der Waals surface area contributed by atoms with Crippen LogP contribution in [0.5, 0.6) is 0 Å². The Balaban J connectivity index is 1.61. The van der Waals surface area contributed by atoms with Gasteiger partial charge in [-0.25, -0.2) is 9.80 Å². The molecule has 1 aromatic rings. The van der Waals surface area contributed by atoms with E-state index in [-0.39, 0.29) is 42.2 Å². The van der Waals surface area contributed by atoms with Gasteiger partial charge in [0, 0.05) is 19.4 Å². The molecule has 2 amide bonds. The van der Waals surface area contributed by atoms with Crippen molar-refractivity contribution in [3.05, 3.63) is 30.3 Å². The molecule has 3 aliphatic rings. The van der Waals surface area contributed by atoms with Crippen LogP contribution in [0, 0.1) is 11.8 Å². The molecule has 26 heavy (non-hydrogen) atoms. The molecule has 2 fully saturated rings. The number of amides is 2. The predicted octanol–water partition coefficient (Wildman–Crippen LogP) is 1.88. The average molecular weight is 355 g/mol. The van der Waals surface area contributed by atoms with E-state index in [1.165, 1.54) is 9.91 Å². The number of carbonyl (C=O) groups is 3. The Hall–Kier alpha value is -2.70. The van der Waals surface area contributed by atoms with E-state index in [2.05, 4.69) is 5.10 Å². The maximum atomic E-state index is 13.0. The SMILES string of the molecule is O=C(O)C1C2CCCC2CN1C(=O)C1=NN(c2ccccc2)C(=O)CC1. The molecule has 1 aliphatic carbocycles. The van der Waals surface area contributed by atoms with Crippen LogP contribution in [-0.2, 0) is 14.4 Å². The standard InChI is InChI=1S/C19H21N3O4/c23-16-10-9-15(20-22(16)13-6-2-1-3-7-13)18(24)21-11-12-5-4-8-14(12)17(21)19(25)26/h1-3,6-7,12,14,17H,4-5,8-11H2,(H,25,26). The van der Waals surface area contributed by atoms with Gasteiger partial charge in [-0.1, -0.05) is 24.6 Å². The number of carbonyl (C=O) groups excluding carboxylic acids is 2. The van der Waals surface area contributed by atoms with Crippen LogP contribution < -0.4 is 5.01 Å². The molecule has 3 atom stereocenters. The number of fused-ring (bicyclic) bond motifs is 1. The Morgan fingerprint density at radius 1 is 1.12 bits per heavy atom. The van der Waals surface area contributed by atoms with E-state index in [0.29, 0.717) is 12.2 Å². The molecule has 0 radical (unpaired) electrons. The lowest BCUT2D eigenvalue weighted by Crippen LogP contribution is -2.48. The van der Waals surface area contributed by atoms with Crippen LogP contribution in [0.15, 0.2) is 35.4 Å². The van der Waals surface area contributed by atoms with Crippen molar-refractivity contribution in [3.8, 4) is 0 Å². The Morgan fingerprint density at radius 2 is 1.88 bits per heavy atom. The van der Waals surface area contributed by atoms with Crippen LogP contribution in [0.3, 0.4) is 0 Å². The third-order valence-electron chi connectivity index (χ3n) is 5.68. The second-order valence-corrected chi connectivity index (χ2v) is 7.18. The van der Waals surface area contributed by atoms with Crippen molar-refractivity contribution in [1.29, 1.82) is 0 Å². The zero-order valence-corrected chi connectivity index (χ0v) is 14.4. The molecule has 3 unspecified atom stereocenters. The molecular weight excluding hydrogens is 334 g/mol. The fourth-order valence-electron chi connectivity index (χ4n) is 4.48. The van der Waals surface area contributed by atoms with Crippen LogP contribution in [0.1, 0.15) is 32.1 Å². The molecule has 2 heterocycles. The number of hydrogen-bond donors (Lipinski definition) is 1. The first kappa shape index (κ1) is 16.8. The lowest BCUT2D eigenvalue weighted by Gasteiger charge is -2.28. The Morgan fingerprint density at radius 3 is 2.62 bits per heavy atom. The summed E-state index contributed by atoms with van der Waals surface area (Å²) >= 11 is 0. The quantitative estimate of drug-likeness (QED) is 0.896. The monoisotopic (exact) mass is 355 g/mol. The van der Waals surface area contributed by atoms with E-state index in [9.17, 15) is 19.5 Å². The van der Waals surface area contributed by atoms with Crippen molar-refractivity contribution in [3.63, 3.8) is 0 Å². The van der Waals surface area contributed by atoms with Crippen molar-refractivity contribution in [2.75, 3.05) is 11.6 Å². The molecule has 0 aromatic heterocycles. The van der Waals surface area contributed by atoms with Crippen molar-refractivity contribution in [2.24, 2.45) is 16.9 Å². The molecule has 7 heteroatoms. The molecule has 1 saturated heterocycles. The van der Waals surface area contributed by atoms with Gasteiger partial charge < -0.3 is 10.0 Å². The minimum atomic E-state index is -0.944. The van der Waals surface area contributed by atoms with E-state index in [4.69, 9.17) is 0 Å². The van der Waals surface area contributed by atoms with Gasteiger partial charge in [0.2, 0.25) is 5.91 Å². The van der Waals surface area contributed by atoms with Crippen LogP contribution in [0.4, 0.5) is 5.69 Å². The lowest BCUT2D eigenvalue weighted by molar-refractivity contribution is -0.147. The first-order chi connectivity index (χ1) is 12.6. The number of carboxylic acids is 1. The Bertz CT molecular complexity index is 776. The Kier molecular flexibility index (Phi) is 4.22. The maximum absolute atomic E-state index is 13.0. The highest BCUT2D eigenvalue weighted by Gasteiger charge is 2.50. The highest BCUT2D eigenvalue weighted by molar-refractivity contribution is 6.40. The zero-order valence-electron chi connectivity index (χ0n) is 14.4. The number of likely N-dealkylation sites (tertiary alicyclic amines) is 1. The van der Waals surface area contributed by atoms with Crippen molar-refractivity contribution < 1.29 is 19.5 Å². The number of hydrazone groups is 1. The normalized spacial score (nSPS) is 28.1. The third kappa shape index (κ3) is 2.77. The first-order valence-electron chi connectivity index (χ1n) is 9.05. The molecule has 7 nitrogen and oxygen atoms in total. The van der Waals surface area contributed by atoms with E-state index in [1.54, 1.807) is 24.3 Å². The number of anilines is 1. The fraction of sp³-hybridized carbons (Fsp3) is 0.474. The molecule has 1 aromatic carbocycles. The van der Waals surface area contributed by atoms with E-state index >= 15 is 0 Å². The largest absolute Gasteiger partial charge is 0.480 e. The van der Waals surface area contributed by atoms with Crippen LogP contribution in [0.25, 0.3) is 0 Å². The van der Waals surface area contributed by atoms with Crippen LogP contribution in [-0.4, -0.2) is 46.1 Å². The van der Waals surface area contributed by atoms with Gasteiger partial charge >= 0.3 is 5.97 Å². The van der Waals surface area contributed by atoms with Crippen molar-refractivity contribution in [2.45, 2.75) is 38.1 Å². The summed E-state index contributed by atoms with van der Waals surface area (Å²) in [5.41, 5.74) is 0.871. The van der Waals surface area contributed by atoms with Gasteiger partial charge in [0.25, 0.3) is 5.91 Å². The van der Waals surface area contributed by atoms with E-state index in [0.717, 1.165) is 19.3 Å². The average Bonchev–Trinajstić information content (AvgIpc) is 3.23. The summed E-state index contributed by atoms with van der Waals surface area (Å²) in [6, 6.07) is 8.19. The molecule has 136 valence electrons. The first-order valence-corrected chi connectivity index (χ1v) is 9.05. The van der Waals surface area contributed by atoms with Gasteiger partial charge in [-0.15, -0.1) is 0 Å². The second kappa shape index (κ2) is 6.55. The number of para-hydroxylation sites is 1. The second-order valence-electron chi connectivity index (χ2n) is 7.18. The predicted molar refractivity (Wildman–Crippen MR) is 94.6 cm³/mol. The van der Waals surface area contributed by atoms with Gasteiger partial charge in [0.1, 0.15) is 11.8 Å². The third-order valence-corrected chi connectivity index (χ3v) is 5.68.